The highest BCUT2D eigenvalue weighted by atomic mass is 16.2. The summed E-state index contributed by atoms with van der Waals surface area (Å²) < 4.78 is 0. The van der Waals surface area contributed by atoms with Gasteiger partial charge in [0, 0.05) is 6.04 Å². The van der Waals surface area contributed by atoms with Crippen molar-refractivity contribution < 1.29 is 14.4 Å². The van der Waals surface area contributed by atoms with Crippen LogP contribution in [0.1, 0.15) is 70.9 Å². The first-order valence-electron chi connectivity index (χ1n) is 10.7. The predicted octanol–water partition coefficient (Wildman–Crippen LogP) is 3.52. The summed E-state index contributed by atoms with van der Waals surface area (Å²) in [6.07, 6.45) is 3.20. The van der Waals surface area contributed by atoms with Crippen molar-refractivity contribution in [1.82, 2.24) is 15.5 Å². The minimum absolute atomic E-state index is 0.0991. The summed E-state index contributed by atoms with van der Waals surface area (Å²) in [6, 6.07) is 7.29. The van der Waals surface area contributed by atoms with Gasteiger partial charge in [-0.25, -0.2) is 4.79 Å². The molecule has 158 valence electrons. The molecule has 29 heavy (non-hydrogen) atoms. The molecular weight excluding hydrogens is 366 g/mol. The number of carbonyl (C=O) groups excluding carboxylic acids is 3. The first kappa shape index (κ1) is 21.3. The Balaban J connectivity index is 1.69. The monoisotopic (exact) mass is 399 g/mol. The number of imide groups is 1. The minimum atomic E-state index is -1.15. The zero-order chi connectivity index (χ0) is 21.3. The molecule has 0 aromatic heterocycles. The summed E-state index contributed by atoms with van der Waals surface area (Å²) in [6.45, 7) is 10.0. The fourth-order valence-electron chi connectivity index (χ4n) is 4.42. The van der Waals surface area contributed by atoms with Crippen LogP contribution in [0.25, 0.3) is 0 Å². The van der Waals surface area contributed by atoms with E-state index in [1.807, 2.05) is 24.3 Å². The van der Waals surface area contributed by atoms with Crippen LogP contribution < -0.4 is 10.6 Å². The topological polar surface area (TPSA) is 78.5 Å². The van der Waals surface area contributed by atoms with E-state index in [2.05, 4.69) is 38.3 Å². The molecule has 0 spiro atoms. The summed E-state index contributed by atoms with van der Waals surface area (Å²) in [5.74, 6) is 0.665. The van der Waals surface area contributed by atoms with Gasteiger partial charge >= 0.3 is 6.03 Å². The fourth-order valence-corrected chi connectivity index (χ4v) is 4.42. The Morgan fingerprint density at radius 3 is 2.48 bits per heavy atom. The van der Waals surface area contributed by atoms with Crippen molar-refractivity contribution in [2.24, 2.45) is 11.8 Å². The second-order valence-corrected chi connectivity index (χ2v) is 9.16. The van der Waals surface area contributed by atoms with Gasteiger partial charge in [-0.05, 0) is 42.2 Å². The number of urea groups is 1. The highest BCUT2D eigenvalue weighted by Gasteiger charge is 2.49. The lowest BCUT2D eigenvalue weighted by Gasteiger charge is -2.34. The van der Waals surface area contributed by atoms with Gasteiger partial charge in [-0.1, -0.05) is 64.8 Å². The molecule has 6 nitrogen and oxygen atoms in total. The Bertz CT molecular complexity index is 789. The summed E-state index contributed by atoms with van der Waals surface area (Å²) in [5, 5.41) is 5.82. The Labute approximate surface area is 173 Å². The summed E-state index contributed by atoms with van der Waals surface area (Å²) in [4.78, 5) is 39.2. The zero-order valence-corrected chi connectivity index (χ0v) is 18.1. The van der Waals surface area contributed by atoms with Crippen LogP contribution in [-0.4, -0.2) is 35.3 Å². The normalized spacial score (nSPS) is 29.9. The van der Waals surface area contributed by atoms with E-state index < -0.39 is 11.6 Å². The number of carbonyl (C=O) groups is 3. The molecule has 4 atom stereocenters. The van der Waals surface area contributed by atoms with Crippen molar-refractivity contribution in [3.8, 4) is 0 Å². The van der Waals surface area contributed by atoms with E-state index in [4.69, 9.17) is 0 Å². The molecule has 1 saturated carbocycles. The third-order valence-corrected chi connectivity index (χ3v) is 6.78. The van der Waals surface area contributed by atoms with Gasteiger partial charge in [-0.2, -0.15) is 0 Å². The van der Waals surface area contributed by atoms with Crippen molar-refractivity contribution in [3.05, 3.63) is 35.4 Å². The molecule has 0 radical (unpaired) electrons. The predicted molar refractivity (Wildman–Crippen MR) is 112 cm³/mol. The van der Waals surface area contributed by atoms with Crippen LogP contribution in [0.3, 0.4) is 0 Å². The van der Waals surface area contributed by atoms with Gasteiger partial charge in [0.15, 0.2) is 0 Å². The van der Waals surface area contributed by atoms with E-state index in [9.17, 15) is 14.4 Å². The van der Waals surface area contributed by atoms with Gasteiger partial charge < -0.3 is 10.6 Å². The van der Waals surface area contributed by atoms with Crippen molar-refractivity contribution in [2.75, 3.05) is 6.54 Å². The molecule has 0 unspecified atom stereocenters. The van der Waals surface area contributed by atoms with Crippen molar-refractivity contribution >= 4 is 17.8 Å². The molecule has 1 saturated heterocycles. The average Bonchev–Trinajstić information content (AvgIpc) is 2.89. The van der Waals surface area contributed by atoms with Crippen LogP contribution in [0.4, 0.5) is 4.79 Å². The van der Waals surface area contributed by atoms with E-state index >= 15 is 0 Å². The Morgan fingerprint density at radius 1 is 1.21 bits per heavy atom. The molecule has 1 aromatic rings. The maximum Gasteiger partial charge on any atom is 0.325 e. The lowest BCUT2D eigenvalue weighted by Crippen LogP contribution is -2.48. The number of amides is 4. The van der Waals surface area contributed by atoms with E-state index in [1.54, 1.807) is 6.92 Å². The number of hydrogen-bond acceptors (Lipinski definition) is 3. The van der Waals surface area contributed by atoms with Crippen molar-refractivity contribution in [1.29, 1.82) is 0 Å². The third-order valence-electron chi connectivity index (χ3n) is 6.78. The van der Waals surface area contributed by atoms with Crippen LogP contribution >= 0.6 is 0 Å². The largest absolute Gasteiger partial charge is 0.352 e. The SMILES string of the molecule is CC(C)c1ccc([C@@]2(C)NC(=O)N(CC(=O)N[C@H]3CCC[C@@H](C)[C@@H]3C)C2=O)cc1. The van der Waals surface area contributed by atoms with Crippen LogP contribution in [0.2, 0.25) is 0 Å². The third kappa shape index (κ3) is 4.16. The lowest BCUT2D eigenvalue weighted by molar-refractivity contribution is -0.135. The second-order valence-electron chi connectivity index (χ2n) is 9.16. The first-order chi connectivity index (χ1) is 13.6. The van der Waals surface area contributed by atoms with Crippen LogP contribution in [0, 0.1) is 11.8 Å². The van der Waals surface area contributed by atoms with Crippen LogP contribution in [-0.2, 0) is 15.1 Å². The molecule has 0 bridgehead atoms. The van der Waals surface area contributed by atoms with Gasteiger partial charge in [0.25, 0.3) is 5.91 Å². The van der Waals surface area contributed by atoms with Gasteiger partial charge in [-0.3, -0.25) is 14.5 Å². The fraction of sp³-hybridized carbons (Fsp3) is 0.609. The molecule has 4 amide bonds. The molecule has 2 N–H and O–H groups in total. The second kappa shape index (κ2) is 8.17. The van der Waals surface area contributed by atoms with Crippen LogP contribution in [0.5, 0.6) is 0 Å². The van der Waals surface area contributed by atoms with Crippen molar-refractivity contribution in [2.45, 2.75) is 71.4 Å². The summed E-state index contributed by atoms with van der Waals surface area (Å²) in [7, 11) is 0. The molecular formula is C23H33N3O3. The number of benzene rings is 1. The zero-order valence-electron chi connectivity index (χ0n) is 18.1. The highest BCUT2D eigenvalue weighted by Crippen LogP contribution is 2.31. The Morgan fingerprint density at radius 2 is 1.86 bits per heavy atom. The molecule has 3 rings (SSSR count). The van der Waals surface area contributed by atoms with Gasteiger partial charge in [0.05, 0.1) is 0 Å². The molecule has 1 aliphatic carbocycles. The van der Waals surface area contributed by atoms with E-state index in [1.165, 1.54) is 12.0 Å². The minimum Gasteiger partial charge on any atom is -0.352 e. The lowest BCUT2D eigenvalue weighted by atomic mass is 9.78. The maximum absolute atomic E-state index is 13.1. The standard InChI is InChI=1S/C23H33N3O3/c1-14(2)17-9-11-18(12-10-17)23(5)21(28)26(22(29)25-23)13-20(27)24-19-8-6-7-15(3)16(19)4/h9-12,14-16,19H,6-8,13H2,1-5H3,(H,24,27)(H,25,29)/t15-,16+,19+,23-/m1/s1. The van der Waals surface area contributed by atoms with Gasteiger partial charge in [0.2, 0.25) is 5.91 Å². The molecule has 1 aliphatic heterocycles. The Hall–Kier alpha value is -2.37. The quantitative estimate of drug-likeness (QED) is 0.744. The molecule has 6 heteroatoms. The molecule has 2 aliphatic rings. The van der Waals surface area contributed by atoms with E-state index in [-0.39, 0.29) is 24.4 Å². The first-order valence-corrected chi connectivity index (χ1v) is 10.7. The van der Waals surface area contributed by atoms with Gasteiger partial charge in [0.1, 0.15) is 12.1 Å². The van der Waals surface area contributed by atoms with E-state index in [0.29, 0.717) is 17.8 Å². The van der Waals surface area contributed by atoms with Gasteiger partial charge in [-0.15, -0.1) is 0 Å². The van der Waals surface area contributed by atoms with Crippen LogP contribution in [0.15, 0.2) is 24.3 Å². The molecule has 1 aromatic carbocycles. The number of hydrogen-bond donors (Lipinski definition) is 2. The average molecular weight is 400 g/mol. The smallest absolute Gasteiger partial charge is 0.325 e. The molecule has 2 fully saturated rings. The number of nitrogens with one attached hydrogen (secondary N) is 2. The summed E-state index contributed by atoms with van der Waals surface area (Å²) >= 11 is 0. The van der Waals surface area contributed by atoms with E-state index in [0.717, 1.165) is 23.3 Å². The summed E-state index contributed by atoms with van der Waals surface area (Å²) in [5.41, 5.74) is 0.735. The maximum atomic E-state index is 13.1. The molecule has 1 heterocycles. The Kier molecular flexibility index (Phi) is 6.01. The van der Waals surface area contributed by atoms with Crippen molar-refractivity contribution in [3.63, 3.8) is 0 Å². The number of rotatable bonds is 5. The highest BCUT2D eigenvalue weighted by molar-refractivity contribution is 6.09. The number of nitrogens with zero attached hydrogens (tertiary/aromatic N) is 1.